The minimum absolute atomic E-state index is 0.0538. The predicted molar refractivity (Wildman–Crippen MR) is 107 cm³/mol. The molecule has 0 aromatic rings. The molecule has 0 amide bonds. The molecule has 1 aliphatic rings. The van der Waals surface area contributed by atoms with Crippen LogP contribution in [0.5, 0.6) is 0 Å². The van der Waals surface area contributed by atoms with E-state index in [0.29, 0.717) is 65.3 Å². The van der Waals surface area contributed by atoms with Crippen LogP contribution >= 0.6 is 0 Å². The number of hydrogen-bond acceptors (Lipinski definition) is 8. The van der Waals surface area contributed by atoms with Gasteiger partial charge in [0.05, 0.1) is 19.6 Å². The Balaban J connectivity index is 2.82. The van der Waals surface area contributed by atoms with Crippen LogP contribution in [0.1, 0.15) is 12.8 Å². The molecule has 0 saturated carbocycles. The molecule has 0 aromatic carbocycles. The SMILES string of the molecule is NCCN1CCCN(CC(=O)O)CCN(CC(=O)O)CCCN(CC(=O)O)CC1. The van der Waals surface area contributed by atoms with Gasteiger partial charge in [-0.1, -0.05) is 0 Å². The Kier molecular flexibility index (Phi) is 12.4. The second kappa shape index (κ2) is 14.2. The number of aliphatic carboxylic acids is 3. The Morgan fingerprint density at radius 3 is 1.21 bits per heavy atom. The van der Waals surface area contributed by atoms with Crippen molar-refractivity contribution in [2.75, 3.05) is 85.1 Å². The Hall–Kier alpha value is -1.79. The van der Waals surface area contributed by atoms with E-state index in [9.17, 15) is 14.4 Å². The highest BCUT2D eigenvalue weighted by Gasteiger charge is 2.18. The summed E-state index contributed by atoms with van der Waals surface area (Å²) in [5.74, 6) is -2.72. The van der Waals surface area contributed by atoms with Gasteiger partial charge in [-0.05, 0) is 19.4 Å². The molecule has 0 atom stereocenters. The maximum atomic E-state index is 11.2. The van der Waals surface area contributed by atoms with Crippen LogP contribution in [0.2, 0.25) is 0 Å². The first-order valence-electron chi connectivity index (χ1n) is 10.0. The maximum Gasteiger partial charge on any atom is 0.317 e. The maximum absolute atomic E-state index is 11.2. The summed E-state index contributed by atoms with van der Waals surface area (Å²) in [6, 6.07) is 0. The molecule has 168 valence electrons. The second-order valence-electron chi connectivity index (χ2n) is 7.35. The van der Waals surface area contributed by atoms with E-state index in [2.05, 4.69) is 4.90 Å². The summed E-state index contributed by atoms with van der Waals surface area (Å²) in [6.07, 6.45) is 1.39. The van der Waals surface area contributed by atoms with Gasteiger partial charge in [-0.2, -0.15) is 0 Å². The van der Waals surface area contributed by atoms with Crippen molar-refractivity contribution in [3.63, 3.8) is 0 Å². The van der Waals surface area contributed by atoms with E-state index in [0.717, 1.165) is 13.0 Å². The first-order valence-corrected chi connectivity index (χ1v) is 10.0. The molecule has 0 radical (unpaired) electrons. The van der Waals surface area contributed by atoms with E-state index in [1.807, 2.05) is 9.80 Å². The lowest BCUT2D eigenvalue weighted by molar-refractivity contribution is -0.140. The van der Waals surface area contributed by atoms with Crippen molar-refractivity contribution < 1.29 is 29.7 Å². The number of nitrogens with two attached hydrogens (primary N) is 1. The molecule has 11 nitrogen and oxygen atoms in total. The monoisotopic (exact) mass is 417 g/mol. The Labute approximate surface area is 171 Å². The molecule has 0 bridgehead atoms. The van der Waals surface area contributed by atoms with Gasteiger partial charge in [-0.25, -0.2) is 0 Å². The summed E-state index contributed by atoms with van der Waals surface area (Å²) in [4.78, 5) is 41.1. The van der Waals surface area contributed by atoms with Crippen molar-refractivity contribution in [2.45, 2.75) is 12.8 Å². The van der Waals surface area contributed by atoms with Crippen molar-refractivity contribution in [1.82, 2.24) is 19.6 Å². The van der Waals surface area contributed by atoms with E-state index < -0.39 is 17.9 Å². The van der Waals surface area contributed by atoms with Gasteiger partial charge in [0, 0.05) is 58.9 Å². The highest BCUT2D eigenvalue weighted by molar-refractivity contribution is 5.69. The van der Waals surface area contributed by atoms with Gasteiger partial charge in [0.15, 0.2) is 0 Å². The average molecular weight is 418 g/mol. The van der Waals surface area contributed by atoms with Gasteiger partial charge in [0.2, 0.25) is 0 Å². The minimum atomic E-state index is -0.935. The fraction of sp³-hybridized carbons (Fsp3) is 0.833. The molecule has 0 aliphatic carbocycles. The molecule has 11 heteroatoms. The van der Waals surface area contributed by atoms with Gasteiger partial charge in [-0.15, -0.1) is 0 Å². The van der Waals surface area contributed by atoms with E-state index in [1.165, 1.54) is 0 Å². The van der Waals surface area contributed by atoms with E-state index in [1.54, 1.807) is 4.90 Å². The van der Waals surface area contributed by atoms with Gasteiger partial charge in [0.25, 0.3) is 0 Å². The molecule has 0 aromatic heterocycles. The average Bonchev–Trinajstić information content (AvgIpc) is 2.61. The van der Waals surface area contributed by atoms with E-state index >= 15 is 0 Å². The third kappa shape index (κ3) is 12.4. The zero-order valence-electron chi connectivity index (χ0n) is 17.0. The first-order chi connectivity index (χ1) is 13.8. The zero-order chi connectivity index (χ0) is 21.6. The van der Waals surface area contributed by atoms with Crippen molar-refractivity contribution in [3.8, 4) is 0 Å². The van der Waals surface area contributed by atoms with Crippen LogP contribution in [0.3, 0.4) is 0 Å². The minimum Gasteiger partial charge on any atom is -0.480 e. The molecular weight excluding hydrogens is 382 g/mol. The molecule has 1 saturated heterocycles. The number of rotatable bonds is 8. The fourth-order valence-corrected chi connectivity index (χ4v) is 3.50. The van der Waals surface area contributed by atoms with Crippen molar-refractivity contribution >= 4 is 17.9 Å². The summed E-state index contributed by atoms with van der Waals surface area (Å²) >= 11 is 0. The molecular formula is C18H35N5O6. The zero-order valence-corrected chi connectivity index (χ0v) is 17.0. The van der Waals surface area contributed by atoms with Crippen LogP contribution in [0.15, 0.2) is 0 Å². The molecule has 5 N–H and O–H groups in total. The summed E-state index contributed by atoms with van der Waals surface area (Å²) in [7, 11) is 0. The normalized spacial score (nSPS) is 20.2. The number of hydrogen-bond donors (Lipinski definition) is 4. The lowest BCUT2D eigenvalue weighted by Gasteiger charge is -2.30. The first kappa shape index (κ1) is 25.2. The van der Waals surface area contributed by atoms with Crippen LogP contribution in [0.25, 0.3) is 0 Å². The Bertz CT molecular complexity index is 521. The number of carboxylic acid groups (broad SMARTS) is 3. The van der Waals surface area contributed by atoms with E-state index in [-0.39, 0.29) is 19.6 Å². The van der Waals surface area contributed by atoms with Crippen LogP contribution in [-0.4, -0.2) is 138 Å². The fourth-order valence-electron chi connectivity index (χ4n) is 3.50. The number of carboxylic acids is 3. The second-order valence-corrected chi connectivity index (χ2v) is 7.35. The van der Waals surface area contributed by atoms with Gasteiger partial charge < -0.3 is 26.0 Å². The molecule has 29 heavy (non-hydrogen) atoms. The van der Waals surface area contributed by atoms with Crippen LogP contribution in [-0.2, 0) is 14.4 Å². The standard InChI is InChI=1S/C18H35N5O6/c19-3-8-20-4-1-5-22(14-17(26)27)11-12-23(15-18(28)29)7-2-6-21(10-9-20)13-16(24)25/h1-15,19H2,(H,24,25)(H,26,27)(H,28,29). The Morgan fingerprint density at radius 2 is 0.897 bits per heavy atom. The lowest BCUT2D eigenvalue weighted by Crippen LogP contribution is -2.44. The highest BCUT2D eigenvalue weighted by atomic mass is 16.4. The third-order valence-electron chi connectivity index (χ3n) is 4.88. The summed E-state index contributed by atoms with van der Waals surface area (Å²) in [5, 5.41) is 27.5. The molecule has 1 heterocycles. The molecule has 1 fully saturated rings. The molecule has 1 rings (SSSR count). The third-order valence-corrected chi connectivity index (χ3v) is 4.88. The highest BCUT2D eigenvalue weighted by Crippen LogP contribution is 2.03. The number of nitrogens with zero attached hydrogens (tertiary/aromatic N) is 4. The summed E-state index contributed by atoms with van der Waals surface area (Å²) < 4.78 is 0. The molecule has 1 aliphatic heterocycles. The Morgan fingerprint density at radius 1 is 0.586 bits per heavy atom. The lowest BCUT2D eigenvalue weighted by atomic mass is 10.2. The van der Waals surface area contributed by atoms with Crippen LogP contribution < -0.4 is 5.73 Å². The van der Waals surface area contributed by atoms with Crippen molar-refractivity contribution in [1.29, 1.82) is 0 Å². The largest absolute Gasteiger partial charge is 0.480 e. The quantitative estimate of drug-likeness (QED) is 0.354. The predicted octanol–water partition coefficient (Wildman–Crippen LogP) is -1.80. The molecule has 0 unspecified atom stereocenters. The van der Waals surface area contributed by atoms with Gasteiger partial charge in [-0.3, -0.25) is 29.1 Å². The van der Waals surface area contributed by atoms with E-state index in [4.69, 9.17) is 21.1 Å². The number of carbonyl (C=O) groups is 3. The molecule has 0 spiro atoms. The summed E-state index contributed by atoms with van der Waals surface area (Å²) in [6.45, 7) is 5.53. The van der Waals surface area contributed by atoms with Gasteiger partial charge in [0.1, 0.15) is 0 Å². The van der Waals surface area contributed by atoms with Crippen LogP contribution in [0, 0.1) is 0 Å². The van der Waals surface area contributed by atoms with Crippen LogP contribution in [0.4, 0.5) is 0 Å². The smallest absolute Gasteiger partial charge is 0.317 e. The van der Waals surface area contributed by atoms with Gasteiger partial charge >= 0.3 is 17.9 Å². The van der Waals surface area contributed by atoms with Crippen molar-refractivity contribution in [3.05, 3.63) is 0 Å². The summed E-state index contributed by atoms with van der Waals surface area (Å²) in [5.41, 5.74) is 5.69. The van der Waals surface area contributed by atoms with Crippen molar-refractivity contribution in [2.24, 2.45) is 5.73 Å². The topological polar surface area (TPSA) is 151 Å².